The topological polar surface area (TPSA) is 78.5 Å². The summed E-state index contributed by atoms with van der Waals surface area (Å²) >= 11 is 0. The van der Waals surface area contributed by atoms with Crippen LogP contribution in [0.2, 0.25) is 0 Å². The Labute approximate surface area is 135 Å². The normalized spacial score (nSPS) is 12.9. The number of carbonyl (C=O) groups is 3. The molecule has 1 aromatic carbocycles. The van der Waals surface area contributed by atoms with Gasteiger partial charge in [0.25, 0.3) is 11.8 Å². The molecule has 120 valence electrons. The Morgan fingerprint density at radius 1 is 1.14 bits per heavy atom. The van der Waals surface area contributed by atoms with Crippen LogP contribution in [0.15, 0.2) is 18.2 Å². The van der Waals surface area contributed by atoms with Gasteiger partial charge >= 0.3 is 0 Å². The van der Waals surface area contributed by atoms with Crippen LogP contribution in [0.1, 0.15) is 33.2 Å². The molecule has 0 unspecified atom stereocenters. The van der Waals surface area contributed by atoms with Crippen LogP contribution in [0, 0.1) is 6.92 Å². The third kappa shape index (κ3) is 3.84. The average molecular weight is 326 g/mol. The Bertz CT molecular complexity index is 589. The van der Waals surface area contributed by atoms with Crippen molar-refractivity contribution in [1.82, 2.24) is 15.5 Å². The number of likely N-dealkylation sites (N-methyl/N-ethyl adjacent to an activating group) is 1. The van der Waals surface area contributed by atoms with Crippen LogP contribution < -0.4 is 10.6 Å². The first-order valence-electron chi connectivity index (χ1n) is 6.99. The number of aryl methyl sites for hydroxylation is 1. The minimum absolute atomic E-state index is 0. The first kappa shape index (κ1) is 18.1. The quantitative estimate of drug-likeness (QED) is 0.597. The Morgan fingerprint density at radius 3 is 2.50 bits per heavy atom. The second-order valence-electron chi connectivity index (χ2n) is 4.95. The van der Waals surface area contributed by atoms with E-state index in [4.69, 9.17) is 0 Å². The number of rotatable bonds is 6. The molecule has 1 heterocycles. The molecule has 0 bridgehead atoms. The number of hydrogen-bond donors (Lipinski definition) is 2. The fraction of sp³-hybridized carbons (Fsp3) is 0.400. The number of amides is 3. The molecule has 7 heteroatoms. The van der Waals surface area contributed by atoms with Crippen molar-refractivity contribution in [2.24, 2.45) is 0 Å². The number of carbonyl (C=O) groups excluding carboxylic acids is 3. The Kier molecular flexibility index (Phi) is 6.52. The molecule has 2 N–H and O–H groups in total. The summed E-state index contributed by atoms with van der Waals surface area (Å²) in [5.41, 5.74) is 1.65. The summed E-state index contributed by atoms with van der Waals surface area (Å²) in [6.45, 7) is 5.54. The van der Waals surface area contributed by atoms with E-state index in [1.54, 1.807) is 18.2 Å². The highest BCUT2D eigenvalue weighted by Crippen LogP contribution is 2.23. The fourth-order valence-electron chi connectivity index (χ4n) is 2.21. The lowest BCUT2D eigenvalue weighted by atomic mass is 10.1. The summed E-state index contributed by atoms with van der Waals surface area (Å²) < 4.78 is 0. The molecule has 0 aromatic heterocycles. The summed E-state index contributed by atoms with van der Waals surface area (Å²) in [7, 11) is 0. The first-order valence-corrected chi connectivity index (χ1v) is 6.99. The summed E-state index contributed by atoms with van der Waals surface area (Å²) in [5, 5.41) is 5.75. The van der Waals surface area contributed by atoms with Crippen molar-refractivity contribution < 1.29 is 14.4 Å². The van der Waals surface area contributed by atoms with Gasteiger partial charge in [-0.2, -0.15) is 0 Å². The van der Waals surface area contributed by atoms with E-state index in [0.29, 0.717) is 24.2 Å². The van der Waals surface area contributed by atoms with Gasteiger partial charge in [0.2, 0.25) is 5.91 Å². The molecule has 22 heavy (non-hydrogen) atoms. The van der Waals surface area contributed by atoms with Gasteiger partial charge in [0.15, 0.2) is 0 Å². The van der Waals surface area contributed by atoms with E-state index in [-0.39, 0.29) is 24.9 Å². The Morgan fingerprint density at radius 2 is 1.82 bits per heavy atom. The maximum absolute atomic E-state index is 12.2. The minimum atomic E-state index is -0.406. The molecule has 0 aliphatic carbocycles. The van der Waals surface area contributed by atoms with Crippen LogP contribution in [-0.4, -0.2) is 48.8 Å². The molecule has 2 rings (SSSR count). The van der Waals surface area contributed by atoms with Crippen molar-refractivity contribution >= 4 is 30.1 Å². The van der Waals surface area contributed by atoms with Crippen LogP contribution in [-0.2, 0) is 4.79 Å². The predicted octanol–water partition coefficient (Wildman–Crippen LogP) is 0.739. The molecule has 3 amide bonds. The van der Waals surface area contributed by atoms with Gasteiger partial charge in [-0.05, 0) is 25.6 Å². The smallest absolute Gasteiger partial charge is 0.262 e. The van der Waals surface area contributed by atoms with E-state index in [9.17, 15) is 14.4 Å². The van der Waals surface area contributed by atoms with Crippen molar-refractivity contribution in [2.75, 3.05) is 26.2 Å². The van der Waals surface area contributed by atoms with E-state index < -0.39 is 11.8 Å². The highest BCUT2D eigenvalue weighted by atomic mass is 35.5. The molecular formula is C15H20ClN3O3. The van der Waals surface area contributed by atoms with Crippen molar-refractivity contribution in [3.8, 4) is 0 Å². The van der Waals surface area contributed by atoms with Crippen LogP contribution in [0.4, 0.5) is 0 Å². The summed E-state index contributed by atoms with van der Waals surface area (Å²) in [5.74, 6) is -1.14. The third-order valence-corrected chi connectivity index (χ3v) is 3.30. The lowest BCUT2D eigenvalue weighted by molar-refractivity contribution is -0.121. The molecule has 0 fully saturated rings. The Hall–Kier alpha value is -1.92. The minimum Gasteiger partial charge on any atom is -0.353 e. The van der Waals surface area contributed by atoms with Crippen LogP contribution in [0.5, 0.6) is 0 Å². The summed E-state index contributed by atoms with van der Waals surface area (Å²) in [4.78, 5) is 37.1. The van der Waals surface area contributed by atoms with Gasteiger partial charge in [0.1, 0.15) is 6.54 Å². The molecule has 0 spiro atoms. The van der Waals surface area contributed by atoms with Crippen LogP contribution in [0.25, 0.3) is 0 Å². The molecule has 1 aromatic rings. The zero-order valence-corrected chi connectivity index (χ0v) is 13.5. The lowest BCUT2D eigenvalue weighted by Crippen LogP contribution is -2.42. The highest BCUT2D eigenvalue weighted by Gasteiger charge is 2.36. The number of fused-ring (bicyclic) bond motifs is 1. The third-order valence-electron chi connectivity index (χ3n) is 3.30. The Balaban J connectivity index is 0.00000242. The molecule has 0 radical (unpaired) electrons. The largest absolute Gasteiger partial charge is 0.353 e. The zero-order valence-electron chi connectivity index (χ0n) is 12.6. The molecule has 0 atom stereocenters. The number of hydrogen-bond acceptors (Lipinski definition) is 4. The van der Waals surface area contributed by atoms with Gasteiger partial charge in [-0.25, -0.2) is 0 Å². The molecule has 0 saturated heterocycles. The van der Waals surface area contributed by atoms with Gasteiger partial charge in [0.05, 0.1) is 11.1 Å². The molecule has 0 saturated carbocycles. The molecule has 1 aliphatic heterocycles. The van der Waals surface area contributed by atoms with Gasteiger partial charge in [-0.15, -0.1) is 12.4 Å². The first-order chi connectivity index (χ1) is 10.0. The summed E-state index contributed by atoms with van der Waals surface area (Å²) in [6.07, 6.45) is 0. The van der Waals surface area contributed by atoms with Crippen LogP contribution >= 0.6 is 12.4 Å². The predicted molar refractivity (Wildman–Crippen MR) is 85.3 cm³/mol. The monoisotopic (exact) mass is 325 g/mol. The number of nitrogens with one attached hydrogen (secondary N) is 2. The van der Waals surface area contributed by atoms with Crippen molar-refractivity contribution in [1.29, 1.82) is 0 Å². The van der Waals surface area contributed by atoms with Gasteiger partial charge in [-0.1, -0.05) is 18.6 Å². The van der Waals surface area contributed by atoms with E-state index in [0.717, 1.165) is 17.0 Å². The van der Waals surface area contributed by atoms with Gasteiger partial charge in [0, 0.05) is 13.1 Å². The van der Waals surface area contributed by atoms with Gasteiger partial charge in [-0.3, -0.25) is 19.3 Å². The summed E-state index contributed by atoms with van der Waals surface area (Å²) in [6, 6.07) is 5.09. The maximum atomic E-state index is 12.2. The van der Waals surface area contributed by atoms with E-state index in [2.05, 4.69) is 10.6 Å². The van der Waals surface area contributed by atoms with E-state index in [1.807, 2.05) is 13.8 Å². The van der Waals surface area contributed by atoms with Gasteiger partial charge < -0.3 is 10.6 Å². The molecule has 1 aliphatic rings. The molecule has 6 nitrogen and oxygen atoms in total. The zero-order chi connectivity index (χ0) is 15.4. The van der Waals surface area contributed by atoms with Crippen molar-refractivity contribution in [3.63, 3.8) is 0 Å². The second kappa shape index (κ2) is 7.91. The molecular weight excluding hydrogens is 306 g/mol. The average Bonchev–Trinajstić information content (AvgIpc) is 2.68. The van der Waals surface area contributed by atoms with E-state index in [1.165, 1.54) is 0 Å². The lowest BCUT2D eigenvalue weighted by Gasteiger charge is -2.13. The number of imide groups is 1. The number of benzene rings is 1. The fourth-order valence-corrected chi connectivity index (χ4v) is 2.21. The maximum Gasteiger partial charge on any atom is 0.262 e. The SMILES string of the molecule is CCNCCNC(=O)CN1C(=O)c2ccc(C)cc2C1=O.Cl. The number of halogens is 1. The van der Waals surface area contributed by atoms with E-state index >= 15 is 0 Å². The standard InChI is InChI=1S/C15H19N3O3.ClH/c1-3-16-6-7-17-13(19)9-18-14(20)11-5-4-10(2)8-12(11)15(18)21;/h4-5,8,16H,3,6-7,9H2,1-2H3,(H,17,19);1H. The van der Waals surface area contributed by atoms with Crippen LogP contribution in [0.3, 0.4) is 0 Å². The number of nitrogens with zero attached hydrogens (tertiary/aromatic N) is 1. The second-order valence-corrected chi connectivity index (χ2v) is 4.95. The van der Waals surface area contributed by atoms with Crippen molar-refractivity contribution in [3.05, 3.63) is 34.9 Å². The van der Waals surface area contributed by atoms with Crippen molar-refractivity contribution in [2.45, 2.75) is 13.8 Å². The highest BCUT2D eigenvalue weighted by molar-refractivity contribution is 6.22.